The zero-order valence-electron chi connectivity index (χ0n) is 13.4. The second-order valence-corrected chi connectivity index (χ2v) is 6.18. The molecule has 0 aliphatic rings. The molecular formula is C23H14O2. The van der Waals surface area contributed by atoms with E-state index in [2.05, 4.69) is 30.3 Å². The standard InChI is InChI=1S/C23H14O2/c24-23-21(14-16-8-2-6-12-22(16)25-23)20-13-15-7-1-3-9-17(15)18-10-4-5-11-19(18)20/h1-14H. The summed E-state index contributed by atoms with van der Waals surface area (Å²) in [6.07, 6.45) is 0. The molecule has 0 atom stereocenters. The predicted molar refractivity (Wildman–Crippen MR) is 103 cm³/mol. The van der Waals surface area contributed by atoms with E-state index in [-0.39, 0.29) is 5.63 Å². The minimum Gasteiger partial charge on any atom is -0.422 e. The summed E-state index contributed by atoms with van der Waals surface area (Å²) >= 11 is 0. The maximum Gasteiger partial charge on any atom is 0.344 e. The lowest BCUT2D eigenvalue weighted by Gasteiger charge is -2.10. The van der Waals surface area contributed by atoms with Crippen molar-refractivity contribution >= 4 is 32.5 Å². The van der Waals surface area contributed by atoms with Gasteiger partial charge in [-0.25, -0.2) is 4.79 Å². The van der Waals surface area contributed by atoms with Gasteiger partial charge in [0.1, 0.15) is 5.58 Å². The van der Waals surface area contributed by atoms with Gasteiger partial charge in [0.25, 0.3) is 0 Å². The molecule has 5 aromatic rings. The Morgan fingerprint density at radius 1 is 0.560 bits per heavy atom. The highest BCUT2D eigenvalue weighted by molar-refractivity contribution is 6.13. The quantitative estimate of drug-likeness (QED) is 0.290. The molecule has 2 nitrogen and oxygen atoms in total. The first-order valence-electron chi connectivity index (χ1n) is 8.25. The lowest BCUT2D eigenvalue weighted by Crippen LogP contribution is -2.03. The molecule has 0 aliphatic heterocycles. The second kappa shape index (κ2) is 5.32. The maximum absolute atomic E-state index is 12.6. The van der Waals surface area contributed by atoms with Crippen molar-refractivity contribution in [3.8, 4) is 11.1 Å². The molecule has 0 spiro atoms. The van der Waals surface area contributed by atoms with Crippen LogP contribution in [-0.4, -0.2) is 0 Å². The van der Waals surface area contributed by atoms with E-state index in [0.717, 1.165) is 27.1 Å². The summed E-state index contributed by atoms with van der Waals surface area (Å²) in [5.41, 5.74) is 1.81. The lowest BCUT2D eigenvalue weighted by molar-refractivity contribution is 0.563. The van der Waals surface area contributed by atoms with Gasteiger partial charge in [0, 0.05) is 5.39 Å². The highest BCUT2D eigenvalue weighted by Crippen LogP contribution is 2.34. The van der Waals surface area contributed by atoms with Crippen LogP contribution in [0.2, 0.25) is 0 Å². The van der Waals surface area contributed by atoms with Crippen LogP contribution >= 0.6 is 0 Å². The van der Waals surface area contributed by atoms with Gasteiger partial charge in [0.05, 0.1) is 5.56 Å². The van der Waals surface area contributed by atoms with E-state index in [9.17, 15) is 4.79 Å². The van der Waals surface area contributed by atoms with Crippen molar-refractivity contribution < 1.29 is 4.42 Å². The Balaban J connectivity index is 1.95. The zero-order valence-corrected chi connectivity index (χ0v) is 13.4. The first kappa shape index (κ1) is 14.0. The average molecular weight is 322 g/mol. The summed E-state index contributed by atoms with van der Waals surface area (Å²) < 4.78 is 5.55. The van der Waals surface area contributed by atoms with Gasteiger partial charge in [-0.15, -0.1) is 0 Å². The van der Waals surface area contributed by atoms with Crippen molar-refractivity contribution in [2.24, 2.45) is 0 Å². The molecule has 0 fully saturated rings. The number of para-hydroxylation sites is 1. The minimum atomic E-state index is -0.306. The highest BCUT2D eigenvalue weighted by Gasteiger charge is 2.13. The molecule has 0 unspecified atom stereocenters. The molecular weight excluding hydrogens is 308 g/mol. The Labute approximate surface area is 143 Å². The third kappa shape index (κ3) is 2.15. The summed E-state index contributed by atoms with van der Waals surface area (Å²) in [5.74, 6) is 0. The number of hydrogen-bond acceptors (Lipinski definition) is 2. The van der Waals surface area contributed by atoms with Crippen molar-refractivity contribution in [1.29, 1.82) is 0 Å². The minimum absolute atomic E-state index is 0.306. The van der Waals surface area contributed by atoms with E-state index in [0.29, 0.717) is 11.1 Å². The molecule has 5 rings (SSSR count). The second-order valence-electron chi connectivity index (χ2n) is 6.18. The fourth-order valence-corrected chi connectivity index (χ4v) is 3.53. The van der Waals surface area contributed by atoms with Crippen molar-refractivity contribution in [2.75, 3.05) is 0 Å². The predicted octanol–water partition coefficient (Wildman–Crippen LogP) is 5.77. The van der Waals surface area contributed by atoms with E-state index in [1.54, 1.807) is 0 Å². The molecule has 4 aromatic carbocycles. The van der Waals surface area contributed by atoms with Crippen LogP contribution in [0.5, 0.6) is 0 Å². The third-order valence-corrected chi connectivity index (χ3v) is 4.70. The van der Waals surface area contributed by atoms with Crippen molar-refractivity contribution in [2.45, 2.75) is 0 Å². The van der Waals surface area contributed by atoms with Crippen molar-refractivity contribution in [1.82, 2.24) is 0 Å². The van der Waals surface area contributed by atoms with Gasteiger partial charge in [-0.1, -0.05) is 66.7 Å². The molecule has 0 saturated carbocycles. The van der Waals surface area contributed by atoms with Gasteiger partial charge in [0.15, 0.2) is 0 Å². The van der Waals surface area contributed by atoms with E-state index in [4.69, 9.17) is 4.42 Å². The lowest BCUT2D eigenvalue weighted by atomic mass is 9.94. The summed E-state index contributed by atoms with van der Waals surface area (Å²) in [6, 6.07) is 28.1. The Morgan fingerprint density at radius 3 is 2.00 bits per heavy atom. The van der Waals surface area contributed by atoms with E-state index in [1.807, 2.05) is 54.6 Å². The number of benzene rings is 4. The third-order valence-electron chi connectivity index (χ3n) is 4.70. The Kier molecular flexibility index (Phi) is 2.98. The molecule has 1 aromatic heterocycles. The van der Waals surface area contributed by atoms with E-state index >= 15 is 0 Å². The molecule has 0 N–H and O–H groups in total. The van der Waals surface area contributed by atoms with Gasteiger partial charge in [-0.2, -0.15) is 0 Å². The smallest absolute Gasteiger partial charge is 0.344 e. The van der Waals surface area contributed by atoms with Crippen LogP contribution in [-0.2, 0) is 0 Å². The Bertz CT molecular complexity index is 1310. The Hall–Kier alpha value is -3.39. The molecule has 118 valence electrons. The van der Waals surface area contributed by atoms with Gasteiger partial charge in [-0.05, 0) is 45.3 Å². The topological polar surface area (TPSA) is 30.2 Å². The maximum atomic E-state index is 12.6. The fraction of sp³-hybridized carbons (Fsp3) is 0. The first-order valence-corrected chi connectivity index (χ1v) is 8.25. The average Bonchev–Trinajstić information content (AvgIpc) is 2.67. The number of rotatable bonds is 1. The van der Waals surface area contributed by atoms with Crippen molar-refractivity contribution in [3.05, 3.63) is 95.3 Å². The summed E-state index contributed by atoms with van der Waals surface area (Å²) in [5, 5.41) is 5.43. The van der Waals surface area contributed by atoms with Crippen LogP contribution in [0.25, 0.3) is 43.6 Å². The molecule has 2 heteroatoms. The summed E-state index contributed by atoms with van der Waals surface area (Å²) in [7, 11) is 0. The molecule has 0 amide bonds. The van der Waals surface area contributed by atoms with Gasteiger partial charge in [-0.3, -0.25) is 0 Å². The molecule has 25 heavy (non-hydrogen) atoms. The number of hydrogen-bond donors (Lipinski definition) is 0. The van der Waals surface area contributed by atoms with Gasteiger partial charge >= 0.3 is 5.63 Å². The van der Waals surface area contributed by atoms with Crippen LogP contribution in [0.1, 0.15) is 0 Å². The highest BCUT2D eigenvalue weighted by atomic mass is 16.4. The molecule has 0 radical (unpaired) electrons. The molecule has 0 saturated heterocycles. The largest absolute Gasteiger partial charge is 0.422 e. The molecule has 0 aliphatic carbocycles. The van der Waals surface area contributed by atoms with Crippen LogP contribution in [0.4, 0.5) is 0 Å². The van der Waals surface area contributed by atoms with Gasteiger partial charge in [0.2, 0.25) is 0 Å². The van der Waals surface area contributed by atoms with E-state index in [1.165, 1.54) is 5.39 Å². The van der Waals surface area contributed by atoms with Crippen molar-refractivity contribution in [3.63, 3.8) is 0 Å². The molecule has 0 bridgehead atoms. The SMILES string of the molecule is O=c1oc2ccccc2cc1-c1cc2ccccc2c2ccccc12. The number of fused-ring (bicyclic) bond motifs is 4. The van der Waals surface area contributed by atoms with Crippen LogP contribution < -0.4 is 5.63 Å². The van der Waals surface area contributed by atoms with Crippen LogP contribution in [0.3, 0.4) is 0 Å². The first-order chi connectivity index (χ1) is 12.3. The zero-order chi connectivity index (χ0) is 16.8. The normalized spacial score (nSPS) is 11.4. The Morgan fingerprint density at radius 2 is 1.16 bits per heavy atom. The monoisotopic (exact) mass is 322 g/mol. The summed E-state index contributed by atoms with van der Waals surface area (Å²) in [4.78, 5) is 12.6. The van der Waals surface area contributed by atoms with Crippen LogP contribution in [0.15, 0.2) is 94.1 Å². The summed E-state index contributed by atoms with van der Waals surface area (Å²) in [6.45, 7) is 0. The van der Waals surface area contributed by atoms with E-state index < -0.39 is 0 Å². The molecule has 1 heterocycles. The van der Waals surface area contributed by atoms with Crippen LogP contribution in [0, 0.1) is 0 Å². The fourth-order valence-electron chi connectivity index (χ4n) is 3.53. The van der Waals surface area contributed by atoms with Gasteiger partial charge < -0.3 is 4.42 Å².